The van der Waals surface area contributed by atoms with Crippen molar-refractivity contribution < 1.29 is 14.8 Å². The molecule has 88 valence electrons. The number of nitro groups is 1. The molecule has 0 bridgehead atoms. The van der Waals surface area contributed by atoms with Crippen molar-refractivity contribution in [2.24, 2.45) is 4.99 Å². The molecular weight excluding hydrogens is 224 g/mol. The van der Waals surface area contributed by atoms with Gasteiger partial charge in [-0.1, -0.05) is 0 Å². The zero-order valence-corrected chi connectivity index (χ0v) is 8.92. The molecule has 0 spiro atoms. The van der Waals surface area contributed by atoms with Crippen LogP contribution in [-0.2, 0) is 11.2 Å². The third kappa shape index (κ3) is 2.47. The van der Waals surface area contributed by atoms with Gasteiger partial charge in [0, 0.05) is 24.3 Å². The number of non-ortho nitro benzene ring substituents is 1. The lowest BCUT2D eigenvalue weighted by atomic mass is 10.1. The number of nitrogens with zero attached hydrogens (tertiary/aromatic N) is 2. The first kappa shape index (κ1) is 11.3. The van der Waals surface area contributed by atoms with Crippen molar-refractivity contribution in [1.82, 2.24) is 0 Å². The normalized spacial score (nSPS) is 13.1. The number of rotatable bonds is 4. The Morgan fingerprint density at radius 3 is 2.94 bits per heavy atom. The number of carboxylic acid groups (broad SMARTS) is 1. The summed E-state index contributed by atoms with van der Waals surface area (Å²) < 4.78 is 0. The SMILES string of the molecule is O=C(O)CCC1=Nc2ccc([N+](=O)[O-])cc2C1. The summed E-state index contributed by atoms with van der Waals surface area (Å²) in [5, 5.41) is 19.2. The van der Waals surface area contributed by atoms with Crippen LogP contribution in [-0.4, -0.2) is 21.7 Å². The van der Waals surface area contributed by atoms with Crippen molar-refractivity contribution in [3.05, 3.63) is 33.9 Å². The molecule has 2 rings (SSSR count). The van der Waals surface area contributed by atoms with Gasteiger partial charge in [-0.3, -0.25) is 19.9 Å². The van der Waals surface area contributed by atoms with E-state index in [1.165, 1.54) is 12.1 Å². The van der Waals surface area contributed by atoms with E-state index in [2.05, 4.69) is 4.99 Å². The van der Waals surface area contributed by atoms with Crippen LogP contribution in [0.4, 0.5) is 11.4 Å². The number of carbonyl (C=O) groups is 1. The molecule has 0 amide bonds. The number of carboxylic acids is 1. The van der Waals surface area contributed by atoms with E-state index in [0.29, 0.717) is 18.5 Å². The van der Waals surface area contributed by atoms with E-state index in [9.17, 15) is 14.9 Å². The molecule has 0 unspecified atom stereocenters. The highest BCUT2D eigenvalue weighted by atomic mass is 16.6. The summed E-state index contributed by atoms with van der Waals surface area (Å²) in [6.45, 7) is 0. The lowest BCUT2D eigenvalue weighted by molar-refractivity contribution is -0.384. The molecule has 1 N–H and O–H groups in total. The quantitative estimate of drug-likeness (QED) is 0.637. The minimum Gasteiger partial charge on any atom is -0.481 e. The summed E-state index contributed by atoms with van der Waals surface area (Å²) in [4.78, 5) is 24.8. The molecule has 1 aromatic carbocycles. The summed E-state index contributed by atoms with van der Waals surface area (Å²) in [5.74, 6) is -0.866. The summed E-state index contributed by atoms with van der Waals surface area (Å²) in [6.07, 6.45) is 0.928. The van der Waals surface area contributed by atoms with Crippen LogP contribution in [0.25, 0.3) is 0 Å². The Hall–Kier alpha value is -2.24. The lowest BCUT2D eigenvalue weighted by Crippen LogP contribution is -2.03. The van der Waals surface area contributed by atoms with E-state index >= 15 is 0 Å². The number of aliphatic carboxylic acids is 1. The van der Waals surface area contributed by atoms with Gasteiger partial charge in [0.15, 0.2) is 0 Å². The molecule has 0 saturated heterocycles. The Kier molecular flexibility index (Phi) is 2.86. The molecular formula is C11H10N2O4. The second-order valence-corrected chi connectivity index (χ2v) is 3.82. The van der Waals surface area contributed by atoms with Gasteiger partial charge >= 0.3 is 5.97 Å². The highest BCUT2D eigenvalue weighted by Gasteiger charge is 2.18. The summed E-state index contributed by atoms with van der Waals surface area (Å²) in [5.41, 5.74) is 2.30. The number of nitro benzene ring substituents is 1. The van der Waals surface area contributed by atoms with Crippen molar-refractivity contribution in [2.75, 3.05) is 0 Å². The van der Waals surface area contributed by atoms with Gasteiger partial charge in [0.25, 0.3) is 5.69 Å². The molecule has 0 atom stereocenters. The first-order chi connectivity index (χ1) is 8.06. The van der Waals surface area contributed by atoms with Crippen LogP contribution >= 0.6 is 0 Å². The van der Waals surface area contributed by atoms with Gasteiger partial charge in [-0.2, -0.15) is 0 Å². The summed E-state index contributed by atoms with van der Waals surface area (Å²) in [6, 6.07) is 4.50. The number of benzene rings is 1. The molecule has 1 aliphatic heterocycles. The molecule has 1 aliphatic rings. The Morgan fingerprint density at radius 2 is 2.29 bits per heavy atom. The number of aliphatic imine (C=N–C) groups is 1. The molecule has 0 fully saturated rings. The average molecular weight is 234 g/mol. The molecule has 0 aromatic heterocycles. The van der Waals surface area contributed by atoms with Gasteiger partial charge in [0.1, 0.15) is 0 Å². The molecule has 1 heterocycles. The van der Waals surface area contributed by atoms with Crippen LogP contribution in [0.1, 0.15) is 18.4 Å². The fourth-order valence-electron chi connectivity index (χ4n) is 1.76. The van der Waals surface area contributed by atoms with Crippen molar-refractivity contribution in [1.29, 1.82) is 0 Å². The van der Waals surface area contributed by atoms with Crippen LogP contribution in [0.5, 0.6) is 0 Å². The highest BCUT2D eigenvalue weighted by Crippen LogP contribution is 2.30. The van der Waals surface area contributed by atoms with Crippen LogP contribution in [0.3, 0.4) is 0 Å². The van der Waals surface area contributed by atoms with E-state index in [1.807, 2.05) is 0 Å². The zero-order chi connectivity index (χ0) is 12.4. The third-order valence-electron chi connectivity index (χ3n) is 2.57. The van der Waals surface area contributed by atoms with Crippen LogP contribution in [0.15, 0.2) is 23.2 Å². The first-order valence-corrected chi connectivity index (χ1v) is 5.12. The highest BCUT2D eigenvalue weighted by molar-refractivity contribution is 5.95. The van der Waals surface area contributed by atoms with Crippen molar-refractivity contribution in [3.63, 3.8) is 0 Å². The monoisotopic (exact) mass is 234 g/mol. The molecule has 0 aliphatic carbocycles. The van der Waals surface area contributed by atoms with Gasteiger partial charge in [-0.15, -0.1) is 0 Å². The third-order valence-corrected chi connectivity index (χ3v) is 2.57. The standard InChI is InChI=1S/C11H10N2O4/c14-11(15)4-1-8-5-7-6-9(13(16)17)2-3-10(7)12-8/h2-3,6H,1,4-5H2,(H,14,15). The van der Waals surface area contributed by atoms with Crippen LogP contribution < -0.4 is 0 Å². The maximum Gasteiger partial charge on any atom is 0.303 e. The van der Waals surface area contributed by atoms with Crippen LogP contribution in [0, 0.1) is 10.1 Å². The van der Waals surface area contributed by atoms with Crippen molar-refractivity contribution in [2.45, 2.75) is 19.3 Å². The topological polar surface area (TPSA) is 92.8 Å². The number of hydrogen-bond donors (Lipinski definition) is 1. The number of fused-ring (bicyclic) bond motifs is 1. The van der Waals surface area contributed by atoms with Crippen LogP contribution in [0.2, 0.25) is 0 Å². The minimum atomic E-state index is -0.866. The Balaban J connectivity index is 2.12. The van der Waals surface area contributed by atoms with Gasteiger partial charge < -0.3 is 5.11 Å². The Bertz CT molecular complexity index is 522. The fourth-order valence-corrected chi connectivity index (χ4v) is 1.76. The molecule has 17 heavy (non-hydrogen) atoms. The van der Waals surface area contributed by atoms with Gasteiger partial charge in [-0.05, 0) is 18.1 Å². The van der Waals surface area contributed by atoms with E-state index in [0.717, 1.165) is 11.3 Å². The molecule has 1 aromatic rings. The summed E-state index contributed by atoms with van der Waals surface area (Å²) in [7, 11) is 0. The van der Waals surface area contributed by atoms with Gasteiger partial charge in [0.05, 0.1) is 17.0 Å². The maximum absolute atomic E-state index is 10.6. The zero-order valence-electron chi connectivity index (χ0n) is 8.92. The minimum absolute atomic E-state index is 0.0366. The molecule has 6 heteroatoms. The van der Waals surface area contributed by atoms with Gasteiger partial charge in [-0.25, -0.2) is 0 Å². The average Bonchev–Trinajstić information content (AvgIpc) is 2.67. The van der Waals surface area contributed by atoms with E-state index in [-0.39, 0.29) is 12.1 Å². The molecule has 6 nitrogen and oxygen atoms in total. The lowest BCUT2D eigenvalue weighted by Gasteiger charge is -1.96. The molecule has 0 radical (unpaired) electrons. The smallest absolute Gasteiger partial charge is 0.303 e. The van der Waals surface area contributed by atoms with E-state index in [4.69, 9.17) is 5.11 Å². The Morgan fingerprint density at radius 1 is 1.53 bits per heavy atom. The summed E-state index contributed by atoms with van der Waals surface area (Å²) >= 11 is 0. The van der Waals surface area contributed by atoms with Crippen molar-refractivity contribution in [3.8, 4) is 0 Å². The fraction of sp³-hybridized carbons (Fsp3) is 0.273. The van der Waals surface area contributed by atoms with E-state index < -0.39 is 10.9 Å². The molecule has 0 saturated carbocycles. The van der Waals surface area contributed by atoms with E-state index in [1.54, 1.807) is 6.07 Å². The largest absolute Gasteiger partial charge is 0.481 e. The van der Waals surface area contributed by atoms with Crippen molar-refractivity contribution >= 4 is 23.1 Å². The second kappa shape index (κ2) is 4.32. The predicted octanol–water partition coefficient (Wildman–Crippen LogP) is 2.09. The number of hydrogen-bond acceptors (Lipinski definition) is 4. The second-order valence-electron chi connectivity index (χ2n) is 3.82. The Labute approximate surface area is 96.8 Å². The van der Waals surface area contributed by atoms with Gasteiger partial charge in [0.2, 0.25) is 0 Å². The predicted molar refractivity (Wildman–Crippen MR) is 60.8 cm³/mol. The first-order valence-electron chi connectivity index (χ1n) is 5.12. The maximum atomic E-state index is 10.6.